The van der Waals surface area contributed by atoms with E-state index < -0.39 is 5.91 Å². The maximum atomic E-state index is 11.7. The van der Waals surface area contributed by atoms with Crippen LogP contribution in [0.3, 0.4) is 0 Å². The molecule has 3 heteroatoms. The van der Waals surface area contributed by atoms with Crippen LogP contribution in [0.1, 0.15) is 61.8 Å². The molecular formula is C28H33N2O. The fraction of sp³-hybridized carbons (Fsp3) is 0.321. The summed E-state index contributed by atoms with van der Waals surface area (Å²) in [6.07, 6.45) is 3.21. The van der Waals surface area contributed by atoms with Gasteiger partial charge in [-0.2, -0.15) is 0 Å². The third kappa shape index (κ3) is 5.81. The molecule has 161 valence electrons. The number of nitrogens with zero attached hydrogens (tertiary/aromatic N) is 1. The minimum atomic E-state index is -0.430. The second-order valence-electron chi connectivity index (χ2n) is 9.83. The number of nitrogens with two attached hydrogens (primary N) is 1. The highest BCUT2D eigenvalue weighted by Crippen LogP contribution is 2.36. The number of amides is 1. The van der Waals surface area contributed by atoms with E-state index in [0.29, 0.717) is 11.5 Å². The minimum Gasteiger partial charge on any atom is -0.366 e. The molecular weight excluding hydrogens is 380 g/mol. The molecule has 0 saturated carbocycles. The summed E-state index contributed by atoms with van der Waals surface area (Å²) in [7, 11) is 0. The zero-order valence-electron chi connectivity index (χ0n) is 19.5. The van der Waals surface area contributed by atoms with Gasteiger partial charge < -0.3 is 5.73 Å². The van der Waals surface area contributed by atoms with E-state index in [0.717, 1.165) is 23.4 Å². The zero-order valence-corrected chi connectivity index (χ0v) is 19.5. The monoisotopic (exact) mass is 413 g/mol. The van der Waals surface area contributed by atoms with Crippen molar-refractivity contribution in [2.75, 3.05) is 0 Å². The van der Waals surface area contributed by atoms with Crippen molar-refractivity contribution in [3.63, 3.8) is 0 Å². The van der Waals surface area contributed by atoms with Gasteiger partial charge in [0.25, 0.3) is 0 Å². The molecule has 0 fully saturated rings. The highest BCUT2D eigenvalue weighted by molar-refractivity contribution is 5.94. The number of carbonyl (C=O) groups excluding carboxylic acids is 1. The Morgan fingerprint density at radius 3 is 2.29 bits per heavy atom. The van der Waals surface area contributed by atoms with Gasteiger partial charge in [-0.15, -0.1) is 0 Å². The summed E-state index contributed by atoms with van der Waals surface area (Å²) in [6, 6.07) is 18.2. The molecule has 1 radical (unpaired) electrons. The number of hydrogen-bond donors (Lipinski definition) is 1. The Labute approximate surface area is 186 Å². The van der Waals surface area contributed by atoms with Crippen molar-refractivity contribution in [1.82, 2.24) is 4.98 Å². The quantitative estimate of drug-likeness (QED) is 0.494. The van der Waals surface area contributed by atoms with Crippen molar-refractivity contribution in [3.8, 4) is 22.4 Å². The number of rotatable bonds is 6. The van der Waals surface area contributed by atoms with Gasteiger partial charge in [-0.1, -0.05) is 76.6 Å². The standard InChI is InChI=1S/C28H33N2O/c1-18(2)14-26-24(17-28(4,5)6)23(20-12-10-19(3)11-13-20)16-25(30-26)21-8-7-9-22(15-21)27(29)31/h7-13,15-18H,14H2,1-6H3,(H2,29,31). The highest BCUT2D eigenvalue weighted by atomic mass is 16.1. The average molecular weight is 414 g/mol. The lowest BCUT2D eigenvalue weighted by Gasteiger charge is -2.24. The molecule has 0 aliphatic carbocycles. The molecule has 31 heavy (non-hydrogen) atoms. The molecule has 0 aliphatic heterocycles. The van der Waals surface area contributed by atoms with Gasteiger partial charge in [0.15, 0.2) is 0 Å². The normalized spacial score (nSPS) is 11.7. The summed E-state index contributed by atoms with van der Waals surface area (Å²) in [5.74, 6) is 0.0402. The summed E-state index contributed by atoms with van der Waals surface area (Å²) in [4.78, 5) is 16.8. The molecule has 0 aliphatic rings. The van der Waals surface area contributed by atoms with Crippen LogP contribution < -0.4 is 5.73 Å². The van der Waals surface area contributed by atoms with Crippen LogP contribution in [0.2, 0.25) is 0 Å². The predicted octanol–water partition coefficient (Wildman–Crippen LogP) is 6.62. The molecule has 3 aromatic rings. The van der Waals surface area contributed by atoms with Crippen LogP contribution in [-0.4, -0.2) is 10.9 Å². The molecule has 3 rings (SSSR count). The highest BCUT2D eigenvalue weighted by Gasteiger charge is 2.22. The molecule has 1 aromatic heterocycles. The third-order valence-corrected chi connectivity index (χ3v) is 5.12. The van der Waals surface area contributed by atoms with E-state index in [2.05, 4.69) is 78.3 Å². The van der Waals surface area contributed by atoms with Crippen LogP contribution in [0.25, 0.3) is 22.4 Å². The molecule has 1 heterocycles. The van der Waals surface area contributed by atoms with Gasteiger partial charge in [0.2, 0.25) is 5.91 Å². The lowest BCUT2D eigenvalue weighted by Crippen LogP contribution is -2.13. The van der Waals surface area contributed by atoms with Gasteiger partial charge in [-0.05, 0) is 66.0 Å². The first-order valence-electron chi connectivity index (χ1n) is 10.9. The summed E-state index contributed by atoms with van der Waals surface area (Å²) >= 11 is 0. The van der Waals surface area contributed by atoms with E-state index >= 15 is 0 Å². The molecule has 3 nitrogen and oxygen atoms in total. The average Bonchev–Trinajstić information content (AvgIpc) is 2.68. The van der Waals surface area contributed by atoms with Gasteiger partial charge in [0.1, 0.15) is 0 Å². The van der Waals surface area contributed by atoms with Crippen LogP contribution in [0.15, 0.2) is 54.6 Å². The van der Waals surface area contributed by atoms with Gasteiger partial charge in [-0.3, -0.25) is 9.78 Å². The molecule has 0 saturated heterocycles. The van der Waals surface area contributed by atoms with E-state index in [-0.39, 0.29) is 5.41 Å². The predicted molar refractivity (Wildman–Crippen MR) is 130 cm³/mol. The minimum absolute atomic E-state index is 0.0141. The third-order valence-electron chi connectivity index (χ3n) is 5.12. The Bertz CT molecular complexity index is 1070. The van der Waals surface area contributed by atoms with Crippen LogP contribution in [0, 0.1) is 24.7 Å². The largest absolute Gasteiger partial charge is 0.366 e. The maximum absolute atomic E-state index is 11.7. The number of primary amides is 1. The van der Waals surface area contributed by atoms with E-state index in [1.165, 1.54) is 22.3 Å². The topological polar surface area (TPSA) is 56.0 Å². The second kappa shape index (κ2) is 9.05. The van der Waals surface area contributed by atoms with Gasteiger partial charge in [-0.25, -0.2) is 0 Å². The number of hydrogen-bond acceptors (Lipinski definition) is 2. The van der Waals surface area contributed by atoms with Crippen molar-refractivity contribution in [2.45, 2.75) is 48.0 Å². The Balaban J connectivity index is 2.28. The molecule has 1 amide bonds. The number of pyridine rings is 1. The smallest absolute Gasteiger partial charge is 0.248 e. The number of benzene rings is 2. The van der Waals surface area contributed by atoms with Gasteiger partial charge in [0, 0.05) is 16.8 Å². The number of aromatic nitrogens is 1. The lowest BCUT2D eigenvalue weighted by atomic mass is 9.82. The molecule has 0 spiro atoms. The van der Waals surface area contributed by atoms with Crippen LogP contribution in [-0.2, 0) is 6.42 Å². The Morgan fingerprint density at radius 1 is 1.03 bits per heavy atom. The van der Waals surface area contributed by atoms with E-state index in [1.807, 2.05) is 18.2 Å². The van der Waals surface area contributed by atoms with Crippen molar-refractivity contribution >= 4 is 5.91 Å². The fourth-order valence-electron chi connectivity index (χ4n) is 3.70. The SMILES string of the molecule is Cc1ccc(-c2cc(-c3cccc(C(N)=O)c3)nc(CC(C)C)c2[CH]C(C)(C)C)cc1. The second-order valence-corrected chi connectivity index (χ2v) is 9.83. The van der Waals surface area contributed by atoms with Crippen molar-refractivity contribution in [1.29, 1.82) is 0 Å². The van der Waals surface area contributed by atoms with Crippen LogP contribution >= 0.6 is 0 Å². The summed E-state index contributed by atoms with van der Waals surface area (Å²) < 4.78 is 0. The molecule has 0 bridgehead atoms. The summed E-state index contributed by atoms with van der Waals surface area (Å²) in [6.45, 7) is 13.2. The summed E-state index contributed by atoms with van der Waals surface area (Å²) in [5.41, 5.74) is 13.6. The lowest BCUT2D eigenvalue weighted by molar-refractivity contribution is 0.100. The van der Waals surface area contributed by atoms with Gasteiger partial charge >= 0.3 is 0 Å². The maximum Gasteiger partial charge on any atom is 0.248 e. The Kier molecular flexibility index (Phi) is 6.64. The van der Waals surface area contributed by atoms with Crippen molar-refractivity contribution < 1.29 is 4.79 Å². The zero-order chi connectivity index (χ0) is 22.8. The van der Waals surface area contributed by atoms with Gasteiger partial charge in [0.05, 0.1) is 5.69 Å². The first-order chi connectivity index (χ1) is 14.5. The fourth-order valence-corrected chi connectivity index (χ4v) is 3.70. The Hall–Kier alpha value is -2.94. The number of aryl methyl sites for hydroxylation is 1. The molecule has 2 N–H and O–H groups in total. The van der Waals surface area contributed by atoms with Crippen LogP contribution in [0.4, 0.5) is 0 Å². The first kappa shape index (κ1) is 22.7. The van der Waals surface area contributed by atoms with Crippen molar-refractivity contribution in [3.05, 3.63) is 83.4 Å². The van der Waals surface area contributed by atoms with E-state index in [1.54, 1.807) is 6.07 Å². The van der Waals surface area contributed by atoms with Crippen molar-refractivity contribution in [2.24, 2.45) is 17.1 Å². The molecule has 2 aromatic carbocycles. The number of carbonyl (C=O) groups is 1. The molecule has 0 unspecified atom stereocenters. The first-order valence-corrected chi connectivity index (χ1v) is 10.9. The van der Waals surface area contributed by atoms with E-state index in [9.17, 15) is 4.79 Å². The van der Waals surface area contributed by atoms with Crippen LogP contribution in [0.5, 0.6) is 0 Å². The summed E-state index contributed by atoms with van der Waals surface area (Å²) in [5, 5.41) is 0. The van der Waals surface area contributed by atoms with E-state index in [4.69, 9.17) is 10.7 Å². The Morgan fingerprint density at radius 2 is 1.71 bits per heavy atom. The molecule has 0 atom stereocenters.